The minimum absolute atomic E-state index is 0.941. The van der Waals surface area contributed by atoms with Crippen molar-refractivity contribution in [3.63, 3.8) is 0 Å². The van der Waals surface area contributed by atoms with E-state index in [0.717, 1.165) is 50.7 Å². The zero-order chi connectivity index (χ0) is 33.3. The van der Waals surface area contributed by atoms with E-state index in [-0.39, 0.29) is 0 Å². The highest BCUT2D eigenvalue weighted by Crippen LogP contribution is 2.40. The molecule has 0 spiro atoms. The Morgan fingerprint density at radius 1 is 0.469 bits per heavy atom. The molecule has 0 bridgehead atoms. The van der Waals surface area contributed by atoms with Crippen LogP contribution in [0.15, 0.2) is 164 Å². The molecule has 236 valence electrons. The molecule has 0 fully saturated rings. The first-order valence-electron chi connectivity index (χ1n) is 16.6. The average molecular weight is 633 g/mol. The highest BCUT2D eigenvalue weighted by molar-refractivity contribution is 5.89. The van der Waals surface area contributed by atoms with E-state index >= 15 is 0 Å². The lowest BCUT2D eigenvalue weighted by Crippen LogP contribution is -2.10. The standard InChI is InChI=1S/C45H36N4/c1-31-29-46-43(27-41(31)33-12-6-4-7-13-33)35-16-10-18-38(24-35)49(40-20-21-45-37(26-40)22-23-48(45)3)39-19-11-17-36(25-39)44-28-42(32(2)30-47-44)34-14-8-5-9-15-34/h4-30H,1-3H3. The molecular formula is C45H36N4. The number of nitrogens with zero attached hydrogens (tertiary/aromatic N) is 4. The van der Waals surface area contributed by atoms with Gasteiger partial charge in [0.2, 0.25) is 0 Å². The Bertz CT molecular complexity index is 2290. The molecule has 49 heavy (non-hydrogen) atoms. The molecule has 0 unspecified atom stereocenters. The van der Waals surface area contributed by atoms with Gasteiger partial charge < -0.3 is 9.47 Å². The number of hydrogen-bond donors (Lipinski definition) is 0. The number of fused-ring (bicyclic) bond motifs is 1. The molecule has 4 heteroatoms. The molecule has 3 heterocycles. The fourth-order valence-electron chi connectivity index (χ4n) is 6.68. The van der Waals surface area contributed by atoms with Gasteiger partial charge in [0.1, 0.15) is 0 Å². The van der Waals surface area contributed by atoms with E-state index in [1.165, 1.54) is 33.2 Å². The zero-order valence-corrected chi connectivity index (χ0v) is 27.9. The summed E-state index contributed by atoms with van der Waals surface area (Å²) in [6.45, 7) is 4.24. The van der Waals surface area contributed by atoms with Crippen LogP contribution in [0.5, 0.6) is 0 Å². The van der Waals surface area contributed by atoms with Gasteiger partial charge in [-0.2, -0.15) is 0 Å². The molecule has 4 nitrogen and oxygen atoms in total. The van der Waals surface area contributed by atoms with E-state index in [0.29, 0.717) is 0 Å². The van der Waals surface area contributed by atoms with E-state index < -0.39 is 0 Å². The Morgan fingerprint density at radius 2 is 0.959 bits per heavy atom. The summed E-state index contributed by atoms with van der Waals surface area (Å²) in [7, 11) is 2.09. The minimum Gasteiger partial charge on any atom is -0.351 e. The quantitative estimate of drug-likeness (QED) is 0.175. The predicted octanol–water partition coefficient (Wildman–Crippen LogP) is 11.7. The summed E-state index contributed by atoms with van der Waals surface area (Å²) in [5, 5.41) is 1.19. The smallest absolute Gasteiger partial charge is 0.0709 e. The van der Waals surface area contributed by atoms with Gasteiger partial charge in [0.25, 0.3) is 0 Å². The van der Waals surface area contributed by atoms with Crippen molar-refractivity contribution in [2.24, 2.45) is 7.05 Å². The van der Waals surface area contributed by atoms with E-state index in [4.69, 9.17) is 9.97 Å². The van der Waals surface area contributed by atoms with Gasteiger partial charge in [0.15, 0.2) is 0 Å². The lowest BCUT2D eigenvalue weighted by atomic mass is 9.99. The van der Waals surface area contributed by atoms with Crippen LogP contribution >= 0.6 is 0 Å². The van der Waals surface area contributed by atoms with Gasteiger partial charge in [0.05, 0.1) is 11.4 Å². The van der Waals surface area contributed by atoms with Crippen molar-refractivity contribution >= 4 is 28.0 Å². The van der Waals surface area contributed by atoms with Crippen LogP contribution in [0.3, 0.4) is 0 Å². The van der Waals surface area contributed by atoms with Crippen molar-refractivity contribution in [1.29, 1.82) is 0 Å². The van der Waals surface area contributed by atoms with Crippen LogP contribution in [-0.4, -0.2) is 14.5 Å². The summed E-state index contributed by atoms with van der Waals surface area (Å²) in [5.74, 6) is 0. The fraction of sp³-hybridized carbons (Fsp3) is 0.0667. The van der Waals surface area contributed by atoms with E-state index in [1.807, 2.05) is 12.4 Å². The number of pyridine rings is 2. The molecule has 0 atom stereocenters. The lowest BCUT2D eigenvalue weighted by molar-refractivity contribution is 0.969. The van der Waals surface area contributed by atoms with Gasteiger partial charge in [-0.1, -0.05) is 84.9 Å². The van der Waals surface area contributed by atoms with Crippen LogP contribution in [0.2, 0.25) is 0 Å². The van der Waals surface area contributed by atoms with E-state index in [1.54, 1.807) is 0 Å². The average Bonchev–Trinajstić information content (AvgIpc) is 3.52. The number of benzene rings is 5. The molecule has 0 saturated heterocycles. The van der Waals surface area contributed by atoms with Gasteiger partial charge in [-0.15, -0.1) is 0 Å². The molecule has 5 aromatic carbocycles. The van der Waals surface area contributed by atoms with Gasteiger partial charge >= 0.3 is 0 Å². The molecule has 0 aliphatic rings. The Morgan fingerprint density at radius 3 is 1.49 bits per heavy atom. The van der Waals surface area contributed by atoms with Crippen molar-refractivity contribution in [3.05, 3.63) is 175 Å². The first-order valence-corrected chi connectivity index (χ1v) is 16.6. The van der Waals surface area contributed by atoms with Crippen LogP contribution in [0.1, 0.15) is 11.1 Å². The molecule has 0 aliphatic carbocycles. The predicted molar refractivity (Wildman–Crippen MR) is 204 cm³/mol. The molecule has 0 amide bonds. The number of rotatable bonds is 7. The molecule has 0 aliphatic heterocycles. The van der Waals surface area contributed by atoms with Crippen LogP contribution in [0, 0.1) is 13.8 Å². The maximum Gasteiger partial charge on any atom is 0.0709 e. The van der Waals surface area contributed by atoms with Gasteiger partial charge in [-0.05, 0) is 108 Å². The Labute approximate surface area is 287 Å². The zero-order valence-electron chi connectivity index (χ0n) is 27.9. The maximum atomic E-state index is 4.89. The molecule has 0 saturated carbocycles. The van der Waals surface area contributed by atoms with Crippen molar-refractivity contribution in [2.75, 3.05) is 4.90 Å². The summed E-state index contributed by atoms with van der Waals surface area (Å²) < 4.78 is 2.16. The first-order chi connectivity index (χ1) is 24.0. The maximum absolute atomic E-state index is 4.89. The van der Waals surface area contributed by atoms with Crippen LogP contribution in [0.25, 0.3) is 55.7 Å². The third-order valence-electron chi connectivity index (χ3n) is 9.30. The van der Waals surface area contributed by atoms with Crippen molar-refractivity contribution in [1.82, 2.24) is 14.5 Å². The Hall–Kier alpha value is -6.26. The molecule has 0 radical (unpaired) electrons. The molecular weight excluding hydrogens is 597 g/mol. The van der Waals surface area contributed by atoms with Gasteiger partial charge in [-0.3, -0.25) is 9.97 Å². The van der Waals surface area contributed by atoms with Crippen LogP contribution < -0.4 is 4.90 Å². The first kappa shape index (κ1) is 30.1. The number of hydrogen-bond acceptors (Lipinski definition) is 3. The number of aryl methyl sites for hydroxylation is 3. The van der Waals surface area contributed by atoms with E-state index in [2.05, 4.69) is 182 Å². The van der Waals surface area contributed by atoms with Crippen molar-refractivity contribution < 1.29 is 0 Å². The molecule has 0 N–H and O–H groups in total. The molecule has 3 aromatic heterocycles. The summed E-state index contributed by atoms with van der Waals surface area (Å²) in [6, 6.07) is 51.7. The summed E-state index contributed by atoms with van der Waals surface area (Å²) in [4.78, 5) is 12.1. The van der Waals surface area contributed by atoms with Crippen LogP contribution in [-0.2, 0) is 7.05 Å². The van der Waals surface area contributed by atoms with Gasteiger partial charge in [-0.25, -0.2) is 0 Å². The van der Waals surface area contributed by atoms with Crippen molar-refractivity contribution in [3.8, 4) is 44.8 Å². The third-order valence-corrected chi connectivity index (χ3v) is 9.30. The second kappa shape index (κ2) is 12.7. The van der Waals surface area contributed by atoms with Crippen LogP contribution in [0.4, 0.5) is 17.1 Å². The molecule has 8 aromatic rings. The number of aromatic nitrogens is 3. The second-order valence-corrected chi connectivity index (χ2v) is 12.6. The summed E-state index contributed by atoms with van der Waals surface area (Å²) in [5.41, 5.74) is 15.4. The van der Waals surface area contributed by atoms with Crippen molar-refractivity contribution in [2.45, 2.75) is 13.8 Å². The Balaban J connectivity index is 1.25. The minimum atomic E-state index is 0.941. The lowest BCUT2D eigenvalue weighted by Gasteiger charge is -2.26. The topological polar surface area (TPSA) is 34.0 Å². The monoisotopic (exact) mass is 632 g/mol. The largest absolute Gasteiger partial charge is 0.351 e. The Kier molecular flexibility index (Phi) is 7.83. The molecule has 8 rings (SSSR count). The second-order valence-electron chi connectivity index (χ2n) is 12.6. The summed E-state index contributed by atoms with van der Waals surface area (Å²) >= 11 is 0. The highest BCUT2D eigenvalue weighted by atomic mass is 15.1. The van der Waals surface area contributed by atoms with E-state index in [9.17, 15) is 0 Å². The summed E-state index contributed by atoms with van der Waals surface area (Å²) in [6.07, 6.45) is 6.07. The number of anilines is 3. The highest BCUT2D eigenvalue weighted by Gasteiger charge is 2.17. The normalized spacial score (nSPS) is 11.2. The van der Waals surface area contributed by atoms with Gasteiger partial charge in [0, 0.05) is 64.7 Å². The fourth-order valence-corrected chi connectivity index (χ4v) is 6.68. The third kappa shape index (κ3) is 5.90. The SMILES string of the molecule is Cc1cnc(-c2cccc(N(c3cccc(-c4cc(-c5ccccc5)c(C)cn4)c3)c3ccc4c(ccn4C)c3)c2)cc1-c1ccccc1.